The highest BCUT2D eigenvalue weighted by molar-refractivity contribution is 7.47. The maximum atomic E-state index is 13.0. The van der Waals surface area contributed by atoms with Crippen LogP contribution in [-0.4, -0.2) is 96.7 Å². The van der Waals surface area contributed by atoms with Gasteiger partial charge in [-0.1, -0.05) is 318 Å². The second-order valence-electron chi connectivity index (χ2n) is 26.7. The van der Waals surface area contributed by atoms with E-state index in [1.807, 2.05) is 0 Å². The first-order valence-corrected chi connectivity index (χ1v) is 40.5. The van der Waals surface area contributed by atoms with E-state index in [0.717, 1.165) is 108 Å². The largest absolute Gasteiger partial charge is 0.472 e. The number of esters is 4. The maximum absolute atomic E-state index is 13.0. The molecule has 17 nitrogen and oxygen atoms in total. The number of phosphoric ester groups is 2. The Balaban J connectivity index is 5.15. The highest BCUT2D eigenvalue weighted by Crippen LogP contribution is 2.45. The quantitative estimate of drug-likeness (QED) is 0.0222. The Morgan fingerprint density at radius 1 is 0.319 bits per heavy atom. The summed E-state index contributed by atoms with van der Waals surface area (Å²) in [7, 11) is -9.89. The van der Waals surface area contributed by atoms with Gasteiger partial charge < -0.3 is 33.8 Å². The first-order chi connectivity index (χ1) is 43.9. The average Bonchev–Trinajstić information content (AvgIpc) is 2.94. The molecular formula is C72H140O17P2. The van der Waals surface area contributed by atoms with Crippen LogP contribution in [0.15, 0.2) is 0 Å². The van der Waals surface area contributed by atoms with Gasteiger partial charge in [0.1, 0.15) is 19.3 Å². The van der Waals surface area contributed by atoms with Crippen LogP contribution in [0.4, 0.5) is 0 Å². The highest BCUT2D eigenvalue weighted by atomic mass is 31.2. The SMILES string of the molecule is CCCCCCCCCCCCCCCCCCCCCC(=O)O[C@H](COC(=O)CCCCCCCCCCCCCCC(C)C)COP(=O)(O)OC[C@@H](O)COP(=O)(O)OC[C@@H](COC(=O)CCCCCCC)OC(=O)CCCCCCCCCCC(C)CC. The number of aliphatic hydroxyl groups excluding tert-OH is 1. The molecule has 0 aromatic rings. The van der Waals surface area contributed by atoms with Gasteiger partial charge in [-0.25, -0.2) is 9.13 Å². The summed E-state index contributed by atoms with van der Waals surface area (Å²) in [5.74, 6) is -0.582. The van der Waals surface area contributed by atoms with Crippen LogP contribution in [-0.2, 0) is 65.4 Å². The Hall–Kier alpha value is -1.94. The lowest BCUT2D eigenvalue weighted by atomic mass is 9.99. The lowest BCUT2D eigenvalue weighted by Crippen LogP contribution is -2.30. The summed E-state index contributed by atoms with van der Waals surface area (Å²) in [6.45, 7) is 9.48. The summed E-state index contributed by atoms with van der Waals surface area (Å²) < 4.78 is 68.2. The maximum Gasteiger partial charge on any atom is 0.472 e. The number of rotatable bonds is 71. The smallest absolute Gasteiger partial charge is 0.462 e. The molecule has 0 aromatic carbocycles. The van der Waals surface area contributed by atoms with E-state index in [0.29, 0.717) is 25.7 Å². The van der Waals surface area contributed by atoms with Gasteiger partial charge in [-0.15, -0.1) is 0 Å². The van der Waals surface area contributed by atoms with Crippen molar-refractivity contribution in [1.82, 2.24) is 0 Å². The van der Waals surface area contributed by atoms with Gasteiger partial charge in [0.05, 0.1) is 26.4 Å². The fraction of sp³-hybridized carbons (Fsp3) is 0.944. The van der Waals surface area contributed by atoms with Gasteiger partial charge in [-0.2, -0.15) is 0 Å². The van der Waals surface area contributed by atoms with Crippen LogP contribution >= 0.6 is 15.6 Å². The number of phosphoric acid groups is 2. The van der Waals surface area contributed by atoms with E-state index in [9.17, 15) is 43.2 Å². The zero-order valence-electron chi connectivity index (χ0n) is 59.1. The van der Waals surface area contributed by atoms with Gasteiger partial charge in [0, 0.05) is 25.7 Å². The van der Waals surface area contributed by atoms with Gasteiger partial charge in [0.25, 0.3) is 0 Å². The molecule has 0 aromatic heterocycles. The van der Waals surface area contributed by atoms with Crippen molar-refractivity contribution in [3.8, 4) is 0 Å². The minimum Gasteiger partial charge on any atom is -0.462 e. The minimum absolute atomic E-state index is 0.104. The molecule has 3 N–H and O–H groups in total. The van der Waals surface area contributed by atoms with E-state index in [4.69, 9.17) is 37.0 Å². The van der Waals surface area contributed by atoms with Crippen LogP contribution in [0.2, 0.25) is 0 Å². The van der Waals surface area contributed by atoms with Crippen molar-refractivity contribution < 1.29 is 80.2 Å². The van der Waals surface area contributed by atoms with Crippen molar-refractivity contribution in [3.63, 3.8) is 0 Å². The van der Waals surface area contributed by atoms with Crippen molar-refractivity contribution in [2.75, 3.05) is 39.6 Å². The molecule has 0 rings (SSSR count). The van der Waals surface area contributed by atoms with Crippen LogP contribution in [0, 0.1) is 11.8 Å². The molecule has 0 aliphatic carbocycles. The topological polar surface area (TPSA) is 237 Å². The molecule has 0 fully saturated rings. The zero-order chi connectivity index (χ0) is 67.2. The second-order valence-corrected chi connectivity index (χ2v) is 29.6. The van der Waals surface area contributed by atoms with Crippen molar-refractivity contribution in [3.05, 3.63) is 0 Å². The Bertz CT molecular complexity index is 1770. The summed E-state index contributed by atoms with van der Waals surface area (Å²) in [5.41, 5.74) is 0. The number of unbranched alkanes of at least 4 members (excludes halogenated alkanes) is 40. The van der Waals surface area contributed by atoms with E-state index in [1.165, 1.54) is 180 Å². The summed E-state index contributed by atoms with van der Waals surface area (Å²) in [5, 5.41) is 10.6. The predicted molar refractivity (Wildman–Crippen MR) is 368 cm³/mol. The fourth-order valence-corrected chi connectivity index (χ4v) is 12.5. The molecule has 540 valence electrons. The first kappa shape index (κ1) is 89.1. The van der Waals surface area contributed by atoms with Gasteiger partial charge in [-0.05, 0) is 37.5 Å². The predicted octanol–water partition coefficient (Wildman–Crippen LogP) is 20.8. The van der Waals surface area contributed by atoms with Gasteiger partial charge in [-0.3, -0.25) is 37.3 Å². The molecular weight excluding hydrogens is 1200 g/mol. The lowest BCUT2D eigenvalue weighted by molar-refractivity contribution is -0.161. The Kier molecular flexibility index (Phi) is 62.7. The van der Waals surface area contributed by atoms with Crippen molar-refractivity contribution in [1.29, 1.82) is 0 Å². The monoisotopic (exact) mass is 1340 g/mol. The third-order valence-electron chi connectivity index (χ3n) is 17.1. The van der Waals surface area contributed by atoms with Crippen LogP contribution in [0.5, 0.6) is 0 Å². The molecule has 0 bridgehead atoms. The van der Waals surface area contributed by atoms with E-state index >= 15 is 0 Å². The van der Waals surface area contributed by atoms with Crippen LogP contribution in [0.1, 0.15) is 369 Å². The molecule has 6 atom stereocenters. The van der Waals surface area contributed by atoms with Crippen molar-refractivity contribution in [2.45, 2.75) is 387 Å². The number of ether oxygens (including phenoxy) is 4. The van der Waals surface area contributed by atoms with E-state index in [-0.39, 0.29) is 25.7 Å². The van der Waals surface area contributed by atoms with E-state index in [1.54, 1.807) is 0 Å². The zero-order valence-corrected chi connectivity index (χ0v) is 60.9. The van der Waals surface area contributed by atoms with Gasteiger partial charge in [0.15, 0.2) is 12.2 Å². The number of carbonyl (C=O) groups excluding carboxylic acids is 4. The molecule has 3 unspecified atom stereocenters. The number of aliphatic hydroxyl groups is 1. The highest BCUT2D eigenvalue weighted by Gasteiger charge is 2.30. The molecule has 0 aliphatic rings. The number of hydrogen-bond donors (Lipinski definition) is 3. The molecule has 0 saturated carbocycles. The second kappa shape index (κ2) is 64.1. The third-order valence-corrected chi connectivity index (χ3v) is 19.0. The van der Waals surface area contributed by atoms with Gasteiger partial charge >= 0.3 is 39.5 Å². The lowest BCUT2D eigenvalue weighted by Gasteiger charge is -2.21. The fourth-order valence-electron chi connectivity index (χ4n) is 10.9. The summed E-state index contributed by atoms with van der Waals surface area (Å²) in [6, 6.07) is 0. The minimum atomic E-state index is -4.95. The number of carbonyl (C=O) groups is 4. The molecule has 0 radical (unpaired) electrons. The van der Waals surface area contributed by atoms with Crippen LogP contribution < -0.4 is 0 Å². The summed E-state index contributed by atoms with van der Waals surface area (Å²) in [6.07, 6.45) is 50.4. The molecule has 0 heterocycles. The molecule has 0 saturated heterocycles. The summed E-state index contributed by atoms with van der Waals surface area (Å²) >= 11 is 0. The molecule has 0 amide bonds. The molecule has 91 heavy (non-hydrogen) atoms. The van der Waals surface area contributed by atoms with E-state index < -0.39 is 97.5 Å². The van der Waals surface area contributed by atoms with Gasteiger partial charge in [0.2, 0.25) is 0 Å². The molecule has 0 spiro atoms. The average molecular weight is 1340 g/mol. The normalized spacial score (nSPS) is 14.4. The third kappa shape index (κ3) is 65.1. The van der Waals surface area contributed by atoms with Crippen molar-refractivity contribution >= 4 is 39.5 Å². The van der Waals surface area contributed by atoms with Crippen LogP contribution in [0.3, 0.4) is 0 Å². The molecule has 19 heteroatoms. The first-order valence-electron chi connectivity index (χ1n) is 37.5. The standard InChI is InChI=1S/C72H140O17P2/c1-7-10-12-14-15-16-17-18-19-20-21-22-23-24-29-32-38-44-50-56-71(76)89-68(61-83-70(75)55-49-43-37-31-28-26-25-27-30-35-41-46-52-64(4)5)63-87-91(80,81)85-59-66(73)58-84-90(78,79)86-62-67(60-82-69(74)54-48-40-13-11-8-2)88-72(77)57-51-45-39-34-33-36-42-47-53-65(6)9-3/h64-68,73H,7-63H2,1-6H3,(H,78,79)(H,80,81)/t65?,66-,67+,68+/m0/s1. The summed E-state index contributed by atoms with van der Waals surface area (Å²) in [4.78, 5) is 72.4. The van der Waals surface area contributed by atoms with Crippen molar-refractivity contribution in [2.24, 2.45) is 11.8 Å². The Morgan fingerprint density at radius 3 is 0.835 bits per heavy atom. The van der Waals surface area contributed by atoms with Crippen LogP contribution in [0.25, 0.3) is 0 Å². The Labute approximate surface area is 556 Å². The number of hydrogen-bond acceptors (Lipinski definition) is 15. The Morgan fingerprint density at radius 2 is 0.560 bits per heavy atom. The van der Waals surface area contributed by atoms with E-state index in [2.05, 4.69) is 41.5 Å². The molecule has 0 aliphatic heterocycles.